The van der Waals surface area contributed by atoms with Gasteiger partial charge in [0.25, 0.3) is 0 Å². The summed E-state index contributed by atoms with van der Waals surface area (Å²) in [7, 11) is -4.30. The SMILES string of the molecule is CCn1c(=O)n(-c2nnc(C(C)F)s2)c2cc(S(=O)(=O)NC3(CF)COC3)cc(N3CCN(C(=O)OC(C)(C)C)CC3)c21. The minimum absolute atomic E-state index is 0.0677. The molecule has 13 nitrogen and oxygen atoms in total. The van der Waals surface area contributed by atoms with Crippen molar-refractivity contribution in [3.05, 3.63) is 27.6 Å². The maximum Gasteiger partial charge on any atom is 0.410 e. The first-order valence-corrected chi connectivity index (χ1v) is 16.2. The third-order valence-electron chi connectivity index (χ3n) is 7.20. The number of fused-ring (bicyclic) bond motifs is 1. The molecule has 1 atom stereocenters. The molecule has 1 N–H and O–H groups in total. The van der Waals surface area contributed by atoms with Crippen molar-refractivity contribution in [2.45, 2.75) is 63.4 Å². The standard InChI is InChI=1S/C26H35F2N7O6S2/c1-6-34-20-18(32-7-9-33(10-8-32)24(37)41-25(3,4)5)11-17(43(38,39)31-26(13-27)14-40-15-26)12-19(20)35(23(34)36)22-30-29-21(42-22)16(2)28/h11-12,16,31H,6-10,13-15H2,1-5H3. The molecule has 43 heavy (non-hydrogen) atoms. The van der Waals surface area contributed by atoms with E-state index >= 15 is 0 Å². The number of aryl methyl sites for hydroxylation is 1. The first kappa shape index (κ1) is 31.3. The van der Waals surface area contributed by atoms with Gasteiger partial charge in [-0.15, -0.1) is 10.2 Å². The third kappa shape index (κ3) is 5.99. The third-order valence-corrected chi connectivity index (χ3v) is 9.82. The van der Waals surface area contributed by atoms with Gasteiger partial charge in [0.1, 0.15) is 17.8 Å². The van der Waals surface area contributed by atoms with E-state index in [4.69, 9.17) is 9.47 Å². The number of alkyl halides is 2. The lowest BCUT2D eigenvalue weighted by Crippen LogP contribution is -2.63. The van der Waals surface area contributed by atoms with Crippen LogP contribution in [0.15, 0.2) is 21.8 Å². The molecule has 2 aromatic heterocycles. The zero-order chi connectivity index (χ0) is 31.3. The number of benzene rings is 1. The summed E-state index contributed by atoms with van der Waals surface area (Å²) in [6.07, 6.45) is -1.87. The normalized spacial score (nSPS) is 18.1. The van der Waals surface area contributed by atoms with Crippen LogP contribution in [0, 0.1) is 0 Å². The summed E-state index contributed by atoms with van der Waals surface area (Å²) < 4.78 is 71.0. The minimum atomic E-state index is -4.30. The Morgan fingerprint density at radius 3 is 2.40 bits per heavy atom. The Labute approximate surface area is 251 Å². The van der Waals surface area contributed by atoms with E-state index in [9.17, 15) is 26.8 Å². The summed E-state index contributed by atoms with van der Waals surface area (Å²) in [5.74, 6) is 0. The van der Waals surface area contributed by atoms with Crippen molar-refractivity contribution in [1.29, 1.82) is 0 Å². The summed E-state index contributed by atoms with van der Waals surface area (Å²) in [5, 5.41) is 8.04. The van der Waals surface area contributed by atoms with E-state index in [2.05, 4.69) is 14.9 Å². The quantitative estimate of drug-likeness (QED) is 0.392. The van der Waals surface area contributed by atoms with E-state index < -0.39 is 45.8 Å². The predicted octanol–water partition coefficient (Wildman–Crippen LogP) is 2.77. The maximum atomic E-state index is 14.0. The fourth-order valence-corrected chi connectivity index (χ4v) is 7.18. The molecule has 0 radical (unpaired) electrons. The van der Waals surface area contributed by atoms with Gasteiger partial charge in [-0.1, -0.05) is 11.3 Å². The molecule has 4 heterocycles. The number of carbonyl (C=O) groups excluding carboxylic acids is 1. The van der Waals surface area contributed by atoms with Crippen molar-refractivity contribution < 1.29 is 31.5 Å². The molecule has 1 unspecified atom stereocenters. The molecule has 2 fully saturated rings. The number of imidazole rings is 1. The van der Waals surface area contributed by atoms with Gasteiger partial charge in [-0.05, 0) is 46.8 Å². The van der Waals surface area contributed by atoms with Crippen LogP contribution in [0.5, 0.6) is 0 Å². The molecular weight excluding hydrogens is 608 g/mol. The average Bonchev–Trinajstić information content (AvgIpc) is 3.51. The van der Waals surface area contributed by atoms with Crippen molar-refractivity contribution in [2.75, 3.05) is 51.0 Å². The number of halogens is 2. The Morgan fingerprint density at radius 1 is 1.21 bits per heavy atom. The van der Waals surface area contributed by atoms with Crippen molar-refractivity contribution in [3.63, 3.8) is 0 Å². The van der Waals surface area contributed by atoms with Gasteiger partial charge < -0.3 is 19.3 Å². The zero-order valence-corrected chi connectivity index (χ0v) is 26.2. The topological polar surface area (TPSA) is 141 Å². The monoisotopic (exact) mass is 643 g/mol. The first-order valence-electron chi connectivity index (χ1n) is 13.9. The van der Waals surface area contributed by atoms with Crippen LogP contribution in [0.25, 0.3) is 16.2 Å². The van der Waals surface area contributed by atoms with Crippen LogP contribution >= 0.6 is 11.3 Å². The van der Waals surface area contributed by atoms with Crippen LogP contribution < -0.4 is 15.3 Å². The average molecular weight is 644 g/mol. The highest BCUT2D eigenvalue weighted by Gasteiger charge is 2.43. The van der Waals surface area contributed by atoms with Crippen molar-refractivity contribution in [1.82, 2.24) is 29.0 Å². The number of aromatic nitrogens is 4. The van der Waals surface area contributed by atoms with Gasteiger partial charge in [-0.25, -0.2) is 31.4 Å². The van der Waals surface area contributed by atoms with Gasteiger partial charge in [-0.2, -0.15) is 4.72 Å². The molecule has 2 aliphatic heterocycles. The number of rotatable bonds is 8. The van der Waals surface area contributed by atoms with E-state index in [-0.39, 0.29) is 40.3 Å². The Kier molecular flexibility index (Phi) is 8.30. The van der Waals surface area contributed by atoms with Crippen LogP contribution in [0.3, 0.4) is 0 Å². The summed E-state index contributed by atoms with van der Waals surface area (Å²) in [6.45, 7) is 8.70. The highest BCUT2D eigenvalue weighted by atomic mass is 32.2. The van der Waals surface area contributed by atoms with Crippen molar-refractivity contribution >= 4 is 44.2 Å². The van der Waals surface area contributed by atoms with Crippen LogP contribution in [-0.4, -0.2) is 95.9 Å². The highest BCUT2D eigenvalue weighted by molar-refractivity contribution is 7.89. The van der Waals surface area contributed by atoms with E-state index in [0.717, 1.165) is 11.3 Å². The summed E-state index contributed by atoms with van der Waals surface area (Å²) in [4.78, 5) is 29.7. The Bertz CT molecular complexity index is 1680. The summed E-state index contributed by atoms with van der Waals surface area (Å²) >= 11 is 0.886. The molecule has 5 rings (SSSR count). The van der Waals surface area contributed by atoms with Crippen LogP contribution in [-0.2, 0) is 26.0 Å². The lowest BCUT2D eigenvalue weighted by molar-refractivity contribution is -0.0725. The number of amides is 1. The fraction of sp³-hybridized carbons (Fsp3) is 0.615. The minimum Gasteiger partial charge on any atom is -0.444 e. The number of nitrogens with one attached hydrogen (secondary N) is 1. The van der Waals surface area contributed by atoms with Gasteiger partial charge in [0.2, 0.25) is 15.2 Å². The number of piperazine rings is 1. The molecule has 17 heteroatoms. The first-order chi connectivity index (χ1) is 20.2. The number of hydrogen-bond donors (Lipinski definition) is 1. The smallest absolute Gasteiger partial charge is 0.410 e. The molecular formula is C26H35F2N7O6S2. The fourth-order valence-electron chi connectivity index (χ4n) is 5.01. The molecule has 3 aromatic rings. The largest absolute Gasteiger partial charge is 0.444 e. The van der Waals surface area contributed by atoms with Crippen LogP contribution in [0.4, 0.5) is 19.3 Å². The molecule has 1 aromatic carbocycles. The Hall–Kier alpha value is -3.15. The lowest BCUT2D eigenvalue weighted by atomic mass is 10.0. The Morgan fingerprint density at radius 2 is 1.88 bits per heavy atom. The number of carbonyl (C=O) groups is 1. The Balaban J connectivity index is 1.64. The molecule has 2 aliphatic rings. The summed E-state index contributed by atoms with van der Waals surface area (Å²) in [5.41, 5.74) is -1.46. The second-order valence-corrected chi connectivity index (χ2v) is 14.3. The van der Waals surface area contributed by atoms with Crippen LogP contribution in [0.2, 0.25) is 0 Å². The molecule has 1 amide bonds. The second kappa shape index (κ2) is 11.4. The van der Waals surface area contributed by atoms with Gasteiger partial charge in [-0.3, -0.25) is 4.57 Å². The second-order valence-electron chi connectivity index (χ2n) is 11.7. The molecule has 0 saturated carbocycles. The van der Waals surface area contributed by atoms with Gasteiger partial charge >= 0.3 is 11.8 Å². The van der Waals surface area contributed by atoms with Crippen LogP contribution in [0.1, 0.15) is 45.8 Å². The van der Waals surface area contributed by atoms with E-state index in [1.165, 1.54) is 28.2 Å². The number of ether oxygens (including phenoxy) is 2. The number of hydrogen-bond acceptors (Lipinski definition) is 10. The zero-order valence-electron chi connectivity index (χ0n) is 24.6. The molecule has 2 saturated heterocycles. The predicted molar refractivity (Wildman–Crippen MR) is 156 cm³/mol. The highest BCUT2D eigenvalue weighted by Crippen LogP contribution is 2.34. The van der Waals surface area contributed by atoms with Crippen molar-refractivity contribution in [3.8, 4) is 5.13 Å². The van der Waals surface area contributed by atoms with Gasteiger partial charge in [0, 0.05) is 32.7 Å². The summed E-state index contributed by atoms with van der Waals surface area (Å²) in [6, 6.07) is 2.78. The molecule has 0 bridgehead atoms. The van der Waals surface area contributed by atoms with Gasteiger partial charge in [0.05, 0.1) is 34.8 Å². The lowest BCUT2D eigenvalue weighted by Gasteiger charge is -2.39. The number of sulfonamides is 1. The van der Waals surface area contributed by atoms with E-state index in [1.807, 2.05) is 4.90 Å². The maximum absolute atomic E-state index is 14.0. The van der Waals surface area contributed by atoms with Crippen molar-refractivity contribution in [2.24, 2.45) is 0 Å². The molecule has 0 spiro atoms. The number of anilines is 1. The molecule has 0 aliphatic carbocycles. The van der Waals surface area contributed by atoms with E-state index in [1.54, 1.807) is 32.6 Å². The van der Waals surface area contributed by atoms with Gasteiger partial charge in [0.15, 0.2) is 11.2 Å². The van der Waals surface area contributed by atoms with E-state index in [0.29, 0.717) is 37.4 Å². The number of nitrogens with zero attached hydrogens (tertiary/aromatic N) is 6. The molecule has 236 valence electrons.